The van der Waals surface area contributed by atoms with E-state index < -0.39 is 0 Å². The Labute approximate surface area is 113 Å². The Bertz CT molecular complexity index is 219. The maximum Gasteiger partial charge on any atom is 0.00123 e. The van der Waals surface area contributed by atoms with E-state index in [0.29, 0.717) is 0 Å². The van der Waals surface area contributed by atoms with Crippen LogP contribution in [0.15, 0.2) is 0 Å². The molecule has 0 aromatic carbocycles. The Morgan fingerprint density at radius 1 is 1.12 bits per heavy atom. The van der Waals surface area contributed by atoms with Gasteiger partial charge in [-0.2, -0.15) is 12.6 Å². The van der Waals surface area contributed by atoms with Gasteiger partial charge in [0.1, 0.15) is 0 Å². The Morgan fingerprint density at radius 3 is 2.65 bits per heavy atom. The van der Waals surface area contributed by atoms with Crippen LogP contribution in [0.3, 0.4) is 0 Å². The molecule has 1 aliphatic heterocycles. The van der Waals surface area contributed by atoms with Gasteiger partial charge in [0, 0.05) is 6.54 Å². The van der Waals surface area contributed by atoms with Crippen LogP contribution in [0.4, 0.5) is 0 Å². The topological polar surface area (TPSA) is 3.24 Å². The molecule has 0 aromatic rings. The van der Waals surface area contributed by atoms with Gasteiger partial charge < -0.3 is 4.90 Å². The molecular weight excluding hydrogens is 226 g/mol. The van der Waals surface area contributed by atoms with Crippen molar-refractivity contribution in [3.8, 4) is 0 Å². The van der Waals surface area contributed by atoms with Crippen LogP contribution in [0.2, 0.25) is 0 Å². The van der Waals surface area contributed by atoms with Crippen molar-refractivity contribution in [3.05, 3.63) is 0 Å². The molecule has 1 aliphatic carbocycles. The number of hydrogen-bond donors (Lipinski definition) is 1. The summed E-state index contributed by atoms with van der Waals surface area (Å²) >= 11 is 4.33. The van der Waals surface area contributed by atoms with E-state index in [1.165, 1.54) is 64.6 Å². The zero-order valence-electron chi connectivity index (χ0n) is 11.4. The Hall–Kier alpha value is 0.310. The third-order valence-electron chi connectivity index (χ3n) is 4.94. The molecule has 2 heteroatoms. The van der Waals surface area contributed by atoms with E-state index in [0.717, 1.165) is 23.5 Å². The van der Waals surface area contributed by atoms with E-state index in [1.54, 1.807) is 0 Å². The first-order chi connectivity index (χ1) is 8.29. The van der Waals surface area contributed by atoms with Gasteiger partial charge in [-0.1, -0.05) is 26.2 Å². The number of rotatable bonds is 5. The van der Waals surface area contributed by atoms with E-state index >= 15 is 0 Å². The molecule has 1 saturated heterocycles. The summed E-state index contributed by atoms with van der Waals surface area (Å²) in [4.78, 5) is 2.74. The highest BCUT2D eigenvalue weighted by Gasteiger charge is 2.30. The first-order valence-corrected chi connectivity index (χ1v) is 8.26. The Kier molecular flexibility index (Phi) is 5.68. The highest BCUT2D eigenvalue weighted by molar-refractivity contribution is 7.80. The maximum absolute atomic E-state index is 4.33. The highest BCUT2D eigenvalue weighted by atomic mass is 32.1. The number of nitrogens with zero attached hydrogens (tertiary/aromatic N) is 1. The highest BCUT2D eigenvalue weighted by Crippen LogP contribution is 2.36. The Balaban J connectivity index is 1.68. The second kappa shape index (κ2) is 7.04. The molecule has 0 amide bonds. The summed E-state index contributed by atoms with van der Waals surface area (Å²) < 4.78 is 0. The monoisotopic (exact) mass is 255 g/mol. The molecule has 100 valence electrons. The lowest BCUT2D eigenvalue weighted by Crippen LogP contribution is -2.42. The summed E-state index contributed by atoms with van der Waals surface area (Å²) in [5.74, 6) is 4.02. The van der Waals surface area contributed by atoms with E-state index in [4.69, 9.17) is 0 Å². The van der Waals surface area contributed by atoms with Crippen molar-refractivity contribution < 1.29 is 0 Å². The molecule has 17 heavy (non-hydrogen) atoms. The summed E-state index contributed by atoms with van der Waals surface area (Å²) in [6.07, 6.45) is 10.2. The maximum atomic E-state index is 4.33. The lowest BCUT2D eigenvalue weighted by atomic mass is 9.75. The van der Waals surface area contributed by atoms with Gasteiger partial charge in [0.15, 0.2) is 0 Å². The van der Waals surface area contributed by atoms with Crippen molar-refractivity contribution >= 4 is 12.6 Å². The summed E-state index contributed by atoms with van der Waals surface area (Å²) in [6, 6.07) is 0. The summed E-state index contributed by atoms with van der Waals surface area (Å²) in [5, 5.41) is 0. The first kappa shape index (κ1) is 13.7. The third kappa shape index (κ3) is 4.17. The fourth-order valence-corrected chi connectivity index (χ4v) is 4.09. The first-order valence-electron chi connectivity index (χ1n) is 7.63. The molecule has 1 nitrogen and oxygen atoms in total. The standard InChI is InChI=1S/C15H29NS/c1-13(8-11-17)6-9-16-10-7-14-4-2-3-5-15(14)12-16/h13-15,17H,2-12H2,1H3. The average Bonchev–Trinajstić information content (AvgIpc) is 2.36. The molecule has 0 aromatic heterocycles. The van der Waals surface area contributed by atoms with Crippen LogP contribution in [-0.2, 0) is 0 Å². The Morgan fingerprint density at radius 2 is 1.88 bits per heavy atom. The fourth-order valence-electron chi connectivity index (χ4n) is 3.65. The molecular formula is C15H29NS. The second-order valence-electron chi connectivity index (χ2n) is 6.30. The van der Waals surface area contributed by atoms with E-state index in [1.807, 2.05) is 0 Å². The van der Waals surface area contributed by atoms with Crippen molar-refractivity contribution in [2.45, 2.75) is 51.9 Å². The van der Waals surface area contributed by atoms with Crippen molar-refractivity contribution in [2.24, 2.45) is 17.8 Å². The van der Waals surface area contributed by atoms with E-state index in [9.17, 15) is 0 Å². The largest absolute Gasteiger partial charge is 0.303 e. The third-order valence-corrected chi connectivity index (χ3v) is 5.19. The van der Waals surface area contributed by atoms with Crippen molar-refractivity contribution in [1.29, 1.82) is 0 Å². The van der Waals surface area contributed by atoms with E-state index in [-0.39, 0.29) is 0 Å². The molecule has 1 heterocycles. The molecule has 2 rings (SSSR count). The minimum Gasteiger partial charge on any atom is -0.303 e. The van der Waals surface area contributed by atoms with Crippen molar-refractivity contribution in [2.75, 3.05) is 25.4 Å². The van der Waals surface area contributed by atoms with Crippen LogP contribution in [0.1, 0.15) is 51.9 Å². The second-order valence-corrected chi connectivity index (χ2v) is 6.75. The zero-order valence-corrected chi connectivity index (χ0v) is 12.3. The fraction of sp³-hybridized carbons (Fsp3) is 1.00. The van der Waals surface area contributed by atoms with Gasteiger partial charge in [0.05, 0.1) is 0 Å². The van der Waals surface area contributed by atoms with Gasteiger partial charge in [-0.15, -0.1) is 0 Å². The van der Waals surface area contributed by atoms with Gasteiger partial charge in [0.2, 0.25) is 0 Å². The van der Waals surface area contributed by atoms with Crippen molar-refractivity contribution in [3.63, 3.8) is 0 Å². The normalized spacial score (nSPS) is 32.1. The SMILES string of the molecule is CC(CCS)CCN1CCC2CCCCC2C1. The minimum absolute atomic E-state index is 0.858. The molecule has 0 bridgehead atoms. The molecule has 2 fully saturated rings. The summed E-state index contributed by atoms with van der Waals surface area (Å²) in [7, 11) is 0. The summed E-state index contributed by atoms with van der Waals surface area (Å²) in [5.41, 5.74) is 0. The minimum atomic E-state index is 0.858. The molecule has 3 unspecified atom stereocenters. The predicted octanol–water partition coefficient (Wildman–Crippen LogP) is 3.84. The van der Waals surface area contributed by atoms with Crippen molar-refractivity contribution in [1.82, 2.24) is 4.90 Å². The number of hydrogen-bond acceptors (Lipinski definition) is 2. The number of piperidine rings is 1. The molecule has 0 N–H and O–H groups in total. The predicted molar refractivity (Wildman–Crippen MR) is 78.8 cm³/mol. The smallest absolute Gasteiger partial charge is 0.00123 e. The van der Waals surface area contributed by atoms with Crippen LogP contribution in [0, 0.1) is 17.8 Å². The number of thiol groups is 1. The quantitative estimate of drug-likeness (QED) is 0.730. The van der Waals surface area contributed by atoms with Gasteiger partial charge in [0.25, 0.3) is 0 Å². The van der Waals surface area contributed by atoms with Crippen LogP contribution in [0.25, 0.3) is 0 Å². The van der Waals surface area contributed by atoms with E-state index in [2.05, 4.69) is 24.5 Å². The lowest BCUT2D eigenvalue weighted by molar-refractivity contribution is 0.0832. The molecule has 0 spiro atoms. The van der Waals surface area contributed by atoms with Gasteiger partial charge in [-0.05, 0) is 62.3 Å². The van der Waals surface area contributed by atoms with Crippen LogP contribution >= 0.6 is 12.6 Å². The molecule has 2 aliphatic rings. The van der Waals surface area contributed by atoms with Gasteiger partial charge in [-0.25, -0.2) is 0 Å². The lowest BCUT2D eigenvalue weighted by Gasteiger charge is -2.41. The molecule has 1 saturated carbocycles. The summed E-state index contributed by atoms with van der Waals surface area (Å²) in [6.45, 7) is 6.48. The zero-order chi connectivity index (χ0) is 12.1. The average molecular weight is 255 g/mol. The van der Waals surface area contributed by atoms with Crippen LogP contribution < -0.4 is 0 Å². The van der Waals surface area contributed by atoms with Crippen LogP contribution in [-0.4, -0.2) is 30.3 Å². The molecule has 0 radical (unpaired) electrons. The van der Waals surface area contributed by atoms with Gasteiger partial charge >= 0.3 is 0 Å². The van der Waals surface area contributed by atoms with Gasteiger partial charge in [-0.3, -0.25) is 0 Å². The number of likely N-dealkylation sites (tertiary alicyclic amines) is 1. The number of fused-ring (bicyclic) bond motifs is 1. The van der Waals surface area contributed by atoms with Crippen LogP contribution in [0.5, 0.6) is 0 Å². The molecule has 3 atom stereocenters.